The second kappa shape index (κ2) is 8.32. The maximum absolute atomic E-state index is 12.9. The number of nitrogens with one attached hydrogen (secondary N) is 1. The van der Waals surface area contributed by atoms with Crippen molar-refractivity contribution in [2.45, 2.75) is 25.1 Å². The molecule has 1 fully saturated rings. The minimum atomic E-state index is -0.593. The quantitative estimate of drug-likeness (QED) is 0.777. The van der Waals surface area contributed by atoms with Crippen LogP contribution in [0.2, 0.25) is 0 Å². The normalized spacial score (nSPS) is 18.0. The van der Waals surface area contributed by atoms with Gasteiger partial charge in [-0.3, -0.25) is 19.5 Å². The molecule has 1 aliphatic rings. The predicted octanol–water partition coefficient (Wildman–Crippen LogP) is 0.773. The van der Waals surface area contributed by atoms with E-state index in [9.17, 15) is 9.59 Å². The van der Waals surface area contributed by atoms with Crippen LogP contribution in [0.4, 0.5) is 5.95 Å². The van der Waals surface area contributed by atoms with Crippen LogP contribution >= 0.6 is 0 Å². The number of rotatable bonds is 6. The van der Waals surface area contributed by atoms with E-state index in [0.717, 1.165) is 12.0 Å². The molecule has 8 nitrogen and oxygen atoms in total. The Hall–Kier alpha value is -2.71. The number of ether oxygens (including phenoxy) is 1. The molecule has 0 saturated carbocycles. The number of carbonyl (C=O) groups is 1. The fourth-order valence-corrected chi connectivity index (χ4v) is 3.47. The fraction of sp³-hybridized carbons (Fsp3) is 0.421. The molecule has 1 saturated heterocycles. The number of methoxy groups -OCH3 is 1. The van der Waals surface area contributed by atoms with Gasteiger partial charge in [-0.05, 0) is 19.0 Å². The number of likely N-dealkylation sites (N-methyl/N-ethyl adjacent to an activating group) is 1. The van der Waals surface area contributed by atoms with E-state index in [0.29, 0.717) is 25.3 Å². The van der Waals surface area contributed by atoms with Crippen molar-refractivity contribution < 1.29 is 9.53 Å². The van der Waals surface area contributed by atoms with Crippen LogP contribution in [-0.4, -0.2) is 59.0 Å². The molecular weight excluding hydrogens is 346 g/mol. The summed E-state index contributed by atoms with van der Waals surface area (Å²) in [5.74, 6) is 0.0815. The predicted molar refractivity (Wildman–Crippen MR) is 102 cm³/mol. The molecule has 1 aromatic carbocycles. The Morgan fingerprint density at radius 2 is 2.19 bits per heavy atom. The summed E-state index contributed by atoms with van der Waals surface area (Å²) in [6, 6.07) is 11.1. The summed E-state index contributed by atoms with van der Waals surface area (Å²) in [5, 5.41) is 0. The van der Waals surface area contributed by atoms with Gasteiger partial charge in [0, 0.05) is 38.9 Å². The number of amides is 1. The monoisotopic (exact) mass is 371 g/mol. The molecule has 0 unspecified atom stereocenters. The standard InChI is InChI=1S/C19H25N5O3/c1-23(11-14-10-16(25)22-19(20)21-14)15-8-9-24(12-15)18(26)17(27-2)13-6-4-3-5-7-13/h3-7,10,15,17H,8-9,11-12H2,1-2H3,(H3,20,21,22,25)/t15-,17+/m0/s1. The molecule has 2 heterocycles. The molecule has 0 aliphatic carbocycles. The molecule has 27 heavy (non-hydrogen) atoms. The summed E-state index contributed by atoms with van der Waals surface area (Å²) >= 11 is 0. The third-order valence-corrected chi connectivity index (χ3v) is 4.89. The van der Waals surface area contributed by atoms with Crippen molar-refractivity contribution in [1.29, 1.82) is 0 Å². The van der Waals surface area contributed by atoms with Gasteiger partial charge in [0.1, 0.15) is 0 Å². The number of carbonyl (C=O) groups excluding carboxylic acids is 1. The van der Waals surface area contributed by atoms with E-state index < -0.39 is 6.10 Å². The molecule has 144 valence electrons. The Kier molecular flexibility index (Phi) is 5.88. The number of anilines is 1. The van der Waals surface area contributed by atoms with Gasteiger partial charge in [0.25, 0.3) is 11.5 Å². The van der Waals surface area contributed by atoms with Crippen molar-refractivity contribution in [3.63, 3.8) is 0 Å². The van der Waals surface area contributed by atoms with Crippen molar-refractivity contribution in [1.82, 2.24) is 19.8 Å². The van der Waals surface area contributed by atoms with E-state index in [1.165, 1.54) is 6.07 Å². The Labute approximate surface area is 158 Å². The lowest BCUT2D eigenvalue weighted by Crippen LogP contribution is -2.38. The lowest BCUT2D eigenvalue weighted by molar-refractivity contribution is -0.141. The number of aromatic amines is 1. The van der Waals surface area contributed by atoms with Crippen LogP contribution in [-0.2, 0) is 16.1 Å². The first-order chi connectivity index (χ1) is 13.0. The Morgan fingerprint density at radius 1 is 1.44 bits per heavy atom. The first-order valence-electron chi connectivity index (χ1n) is 8.90. The first-order valence-corrected chi connectivity index (χ1v) is 8.90. The lowest BCUT2D eigenvalue weighted by Gasteiger charge is -2.26. The number of benzene rings is 1. The van der Waals surface area contributed by atoms with Crippen LogP contribution in [0.1, 0.15) is 23.8 Å². The Balaban J connectivity index is 1.63. The lowest BCUT2D eigenvalue weighted by atomic mass is 10.1. The number of H-pyrrole nitrogens is 1. The third kappa shape index (κ3) is 4.53. The van der Waals surface area contributed by atoms with Crippen LogP contribution < -0.4 is 11.3 Å². The van der Waals surface area contributed by atoms with E-state index >= 15 is 0 Å². The van der Waals surface area contributed by atoms with Gasteiger partial charge in [0.05, 0.1) is 5.69 Å². The van der Waals surface area contributed by atoms with Gasteiger partial charge in [0.15, 0.2) is 6.10 Å². The summed E-state index contributed by atoms with van der Waals surface area (Å²) in [4.78, 5) is 35.0. The molecule has 1 aromatic heterocycles. The molecule has 3 N–H and O–H groups in total. The van der Waals surface area contributed by atoms with Crippen LogP contribution in [0.5, 0.6) is 0 Å². The van der Waals surface area contributed by atoms with E-state index in [-0.39, 0.29) is 23.5 Å². The third-order valence-electron chi connectivity index (χ3n) is 4.89. The molecule has 1 aliphatic heterocycles. The number of aromatic nitrogens is 2. The number of hydrogen-bond donors (Lipinski definition) is 2. The second-order valence-electron chi connectivity index (χ2n) is 6.79. The Morgan fingerprint density at radius 3 is 2.85 bits per heavy atom. The number of nitrogens with two attached hydrogens (primary N) is 1. The molecule has 2 atom stereocenters. The van der Waals surface area contributed by atoms with Crippen molar-refractivity contribution in [3.8, 4) is 0 Å². The highest BCUT2D eigenvalue weighted by Gasteiger charge is 2.33. The zero-order valence-corrected chi connectivity index (χ0v) is 15.6. The maximum atomic E-state index is 12.9. The molecule has 0 radical (unpaired) electrons. The minimum Gasteiger partial charge on any atom is -0.369 e. The van der Waals surface area contributed by atoms with E-state index in [1.54, 1.807) is 7.11 Å². The van der Waals surface area contributed by atoms with Crippen molar-refractivity contribution in [2.24, 2.45) is 0 Å². The topological polar surface area (TPSA) is 105 Å². The smallest absolute Gasteiger partial charge is 0.256 e. The van der Waals surface area contributed by atoms with Gasteiger partial charge in [0.2, 0.25) is 5.95 Å². The average Bonchev–Trinajstić information content (AvgIpc) is 3.12. The summed E-state index contributed by atoms with van der Waals surface area (Å²) in [7, 11) is 3.51. The largest absolute Gasteiger partial charge is 0.369 e. The van der Waals surface area contributed by atoms with Crippen LogP contribution in [0, 0.1) is 0 Å². The highest BCUT2D eigenvalue weighted by Crippen LogP contribution is 2.23. The van der Waals surface area contributed by atoms with Crippen LogP contribution in [0.25, 0.3) is 0 Å². The molecule has 1 amide bonds. The molecule has 3 rings (SSSR count). The summed E-state index contributed by atoms with van der Waals surface area (Å²) in [5.41, 5.74) is 6.80. The van der Waals surface area contributed by atoms with Gasteiger partial charge in [-0.1, -0.05) is 30.3 Å². The van der Waals surface area contributed by atoms with E-state index in [1.807, 2.05) is 42.3 Å². The Bertz CT molecular complexity index is 839. The molecule has 0 spiro atoms. The first kappa shape index (κ1) is 19.1. The van der Waals surface area contributed by atoms with Crippen LogP contribution in [0.3, 0.4) is 0 Å². The number of hydrogen-bond acceptors (Lipinski definition) is 6. The van der Waals surface area contributed by atoms with Gasteiger partial charge >= 0.3 is 0 Å². The summed E-state index contributed by atoms with van der Waals surface area (Å²) in [6.07, 6.45) is 0.260. The minimum absolute atomic E-state index is 0.0295. The number of nitrogens with zero attached hydrogens (tertiary/aromatic N) is 3. The second-order valence-corrected chi connectivity index (χ2v) is 6.79. The fourth-order valence-electron chi connectivity index (χ4n) is 3.47. The van der Waals surface area contributed by atoms with E-state index in [4.69, 9.17) is 10.5 Å². The van der Waals surface area contributed by atoms with Gasteiger partial charge in [-0.15, -0.1) is 0 Å². The van der Waals surface area contributed by atoms with Crippen molar-refractivity contribution in [3.05, 3.63) is 58.0 Å². The van der Waals surface area contributed by atoms with Gasteiger partial charge < -0.3 is 15.4 Å². The maximum Gasteiger partial charge on any atom is 0.256 e. The van der Waals surface area contributed by atoms with Gasteiger partial charge in [-0.25, -0.2) is 4.98 Å². The molecular formula is C19H25N5O3. The van der Waals surface area contributed by atoms with E-state index in [2.05, 4.69) is 14.9 Å². The average molecular weight is 371 g/mol. The molecule has 2 aromatic rings. The number of nitrogen functional groups attached to an aromatic ring is 1. The summed E-state index contributed by atoms with van der Waals surface area (Å²) in [6.45, 7) is 1.78. The highest BCUT2D eigenvalue weighted by molar-refractivity contribution is 5.82. The zero-order chi connectivity index (χ0) is 19.4. The van der Waals surface area contributed by atoms with Crippen LogP contribution in [0.15, 0.2) is 41.2 Å². The van der Waals surface area contributed by atoms with Gasteiger partial charge in [-0.2, -0.15) is 0 Å². The summed E-state index contributed by atoms with van der Waals surface area (Å²) < 4.78 is 5.46. The van der Waals surface area contributed by atoms with Crippen molar-refractivity contribution in [2.75, 3.05) is 33.0 Å². The highest BCUT2D eigenvalue weighted by atomic mass is 16.5. The number of likely N-dealkylation sites (tertiary alicyclic amines) is 1. The molecule has 0 bridgehead atoms. The zero-order valence-electron chi connectivity index (χ0n) is 15.6. The van der Waals surface area contributed by atoms with Crippen molar-refractivity contribution >= 4 is 11.9 Å². The molecule has 8 heteroatoms. The SMILES string of the molecule is CO[C@@H](C(=O)N1CC[C@H](N(C)Cc2cc(=O)[nH]c(N)n2)C1)c1ccccc1.